The van der Waals surface area contributed by atoms with E-state index in [1.165, 1.54) is 6.42 Å². The fourth-order valence-electron chi connectivity index (χ4n) is 1.15. The molecule has 0 radical (unpaired) electrons. The molecule has 1 rings (SSSR count). The van der Waals surface area contributed by atoms with E-state index in [1.807, 2.05) is 24.9 Å². The lowest BCUT2D eigenvalue weighted by Gasteiger charge is -2.06. The summed E-state index contributed by atoms with van der Waals surface area (Å²) in [5.41, 5.74) is 6.86. The normalized spacial score (nSPS) is 13.1. The first-order valence-electron chi connectivity index (χ1n) is 5.44. The van der Waals surface area contributed by atoms with Crippen molar-refractivity contribution in [2.24, 2.45) is 11.7 Å². The lowest BCUT2D eigenvalue weighted by atomic mass is 10.2. The molecule has 1 heterocycles. The van der Waals surface area contributed by atoms with Crippen molar-refractivity contribution in [2.45, 2.75) is 38.3 Å². The van der Waals surface area contributed by atoms with Gasteiger partial charge in [-0.05, 0) is 36.6 Å². The minimum Gasteiger partial charge on any atom is -0.324 e. The summed E-state index contributed by atoms with van der Waals surface area (Å²) < 4.78 is 0. The van der Waals surface area contributed by atoms with Gasteiger partial charge in [-0.25, -0.2) is 4.98 Å². The van der Waals surface area contributed by atoms with Crippen molar-refractivity contribution in [3.63, 3.8) is 0 Å². The van der Waals surface area contributed by atoms with Gasteiger partial charge in [-0.1, -0.05) is 19.9 Å². The predicted molar refractivity (Wildman–Crippen MR) is 67.0 cm³/mol. The topological polar surface area (TPSA) is 38.9 Å². The molecule has 84 valence electrons. The highest BCUT2D eigenvalue weighted by atomic mass is 32.2. The molecule has 0 unspecified atom stereocenters. The van der Waals surface area contributed by atoms with Gasteiger partial charge in [0, 0.05) is 12.2 Å². The lowest BCUT2D eigenvalue weighted by Crippen LogP contribution is -2.05. The monoisotopic (exact) mass is 224 g/mol. The number of thioether (sulfide) groups is 1. The number of nitrogens with zero attached hydrogens (tertiary/aromatic N) is 1. The third kappa shape index (κ3) is 4.67. The van der Waals surface area contributed by atoms with Gasteiger partial charge >= 0.3 is 0 Å². The van der Waals surface area contributed by atoms with Crippen LogP contribution in [0.1, 0.15) is 38.8 Å². The summed E-state index contributed by atoms with van der Waals surface area (Å²) in [6.07, 6.45) is 3.11. The van der Waals surface area contributed by atoms with Crippen molar-refractivity contribution in [1.82, 2.24) is 4.98 Å². The minimum absolute atomic E-state index is 0.0761. The Morgan fingerprint density at radius 1 is 1.33 bits per heavy atom. The predicted octanol–water partition coefficient (Wildman–Crippen LogP) is 3.24. The van der Waals surface area contributed by atoms with Crippen LogP contribution in [0.2, 0.25) is 0 Å². The van der Waals surface area contributed by atoms with E-state index in [0.717, 1.165) is 22.3 Å². The average Bonchev–Trinajstić information content (AvgIpc) is 2.18. The van der Waals surface area contributed by atoms with Gasteiger partial charge in [0.05, 0.1) is 5.03 Å². The van der Waals surface area contributed by atoms with Crippen LogP contribution in [0.4, 0.5) is 0 Å². The summed E-state index contributed by atoms with van der Waals surface area (Å²) in [6.45, 7) is 6.46. The second-order valence-corrected chi connectivity index (χ2v) is 5.36. The first-order chi connectivity index (χ1) is 7.09. The van der Waals surface area contributed by atoms with Crippen LogP contribution >= 0.6 is 11.8 Å². The summed E-state index contributed by atoms with van der Waals surface area (Å²) in [6, 6.07) is 4.20. The van der Waals surface area contributed by atoms with Crippen LogP contribution in [0.15, 0.2) is 23.4 Å². The largest absolute Gasteiger partial charge is 0.324 e. The Labute approximate surface area is 96.7 Å². The number of rotatable bonds is 5. The summed E-state index contributed by atoms with van der Waals surface area (Å²) >= 11 is 1.82. The molecule has 2 nitrogen and oxygen atoms in total. The van der Waals surface area contributed by atoms with Gasteiger partial charge in [0.2, 0.25) is 0 Å². The Balaban J connectivity index is 2.43. The van der Waals surface area contributed by atoms with Crippen molar-refractivity contribution in [2.75, 3.05) is 5.75 Å². The Bertz CT molecular complexity index is 280. The molecule has 0 amide bonds. The van der Waals surface area contributed by atoms with E-state index in [2.05, 4.69) is 31.0 Å². The first-order valence-corrected chi connectivity index (χ1v) is 6.42. The Kier molecular flexibility index (Phi) is 5.12. The molecule has 0 spiro atoms. The zero-order chi connectivity index (χ0) is 11.3. The third-order valence-electron chi connectivity index (χ3n) is 2.23. The third-order valence-corrected chi connectivity index (χ3v) is 3.21. The molecule has 0 saturated heterocycles. The van der Waals surface area contributed by atoms with Crippen LogP contribution in [-0.4, -0.2) is 10.7 Å². The number of nitrogens with two attached hydrogens (primary N) is 1. The van der Waals surface area contributed by atoms with Crippen molar-refractivity contribution in [3.8, 4) is 0 Å². The standard InChI is InChI=1S/C12H20N2S/c1-9(2)6-7-15-12-5-4-11(8-14-12)10(3)13/h4-5,8-10H,6-7,13H2,1-3H3/t10-/m1/s1. The lowest BCUT2D eigenvalue weighted by molar-refractivity contribution is 0.632. The molecule has 1 atom stereocenters. The second kappa shape index (κ2) is 6.13. The maximum absolute atomic E-state index is 5.76. The molecular weight excluding hydrogens is 204 g/mol. The quantitative estimate of drug-likeness (QED) is 0.780. The SMILES string of the molecule is CC(C)CCSc1ccc([C@@H](C)N)cn1. The summed E-state index contributed by atoms with van der Waals surface area (Å²) in [7, 11) is 0. The molecule has 0 aliphatic rings. The Morgan fingerprint density at radius 3 is 2.53 bits per heavy atom. The molecular formula is C12H20N2S. The van der Waals surface area contributed by atoms with E-state index in [9.17, 15) is 0 Å². The van der Waals surface area contributed by atoms with Crippen LogP contribution in [0.25, 0.3) is 0 Å². The molecule has 1 aromatic rings. The van der Waals surface area contributed by atoms with Crippen LogP contribution in [-0.2, 0) is 0 Å². The van der Waals surface area contributed by atoms with E-state index in [1.54, 1.807) is 0 Å². The summed E-state index contributed by atoms with van der Waals surface area (Å²) in [4.78, 5) is 4.38. The maximum Gasteiger partial charge on any atom is 0.0960 e. The van der Waals surface area contributed by atoms with E-state index in [0.29, 0.717) is 0 Å². The van der Waals surface area contributed by atoms with Gasteiger partial charge in [0.25, 0.3) is 0 Å². The van der Waals surface area contributed by atoms with E-state index in [-0.39, 0.29) is 6.04 Å². The molecule has 15 heavy (non-hydrogen) atoms. The van der Waals surface area contributed by atoms with Gasteiger partial charge in [0.15, 0.2) is 0 Å². The van der Waals surface area contributed by atoms with E-state index in [4.69, 9.17) is 5.73 Å². The molecule has 1 aromatic heterocycles. The summed E-state index contributed by atoms with van der Waals surface area (Å²) in [5.74, 6) is 1.91. The average molecular weight is 224 g/mol. The van der Waals surface area contributed by atoms with Crippen molar-refractivity contribution in [3.05, 3.63) is 23.9 Å². The molecule has 3 heteroatoms. The van der Waals surface area contributed by atoms with E-state index < -0.39 is 0 Å². The number of hydrogen-bond acceptors (Lipinski definition) is 3. The molecule has 0 saturated carbocycles. The van der Waals surface area contributed by atoms with Crippen LogP contribution in [0, 0.1) is 5.92 Å². The highest BCUT2D eigenvalue weighted by Crippen LogP contribution is 2.19. The van der Waals surface area contributed by atoms with Gasteiger partial charge < -0.3 is 5.73 Å². The second-order valence-electron chi connectivity index (χ2n) is 4.25. The van der Waals surface area contributed by atoms with Crippen molar-refractivity contribution in [1.29, 1.82) is 0 Å². The highest BCUT2D eigenvalue weighted by molar-refractivity contribution is 7.99. The smallest absolute Gasteiger partial charge is 0.0960 e. The van der Waals surface area contributed by atoms with Gasteiger partial charge in [-0.3, -0.25) is 0 Å². The van der Waals surface area contributed by atoms with Crippen LogP contribution < -0.4 is 5.73 Å². The van der Waals surface area contributed by atoms with Gasteiger partial charge in [0.1, 0.15) is 0 Å². The maximum atomic E-state index is 5.76. The van der Waals surface area contributed by atoms with Crippen molar-refractivity contribution >= 4 is 11.8 Å². The van der Waals surface area contributed by atoms with Crippen LogP contribution in [0.3, 0.4) is 0 Å². The zero-order valence-corrected chi connectivity index (χ0v) is 10.6. The van der Waals surface area contributed by atoms with Gasteiger partial charge in [-0.15, -0.1) is 11.8 Å². The molecule has 0 bridgehead atoms. The number of aromatic nitrogens is 1. The molecule has 0 aliphatic heterocycles. The highest BCUT2D eigenvalue weighted by Gasteiger charge is 2.01. The molecule has 0 fully saturated rings. The summed E-state index contributed by atoms with van der Waals surface area (Å²) in [5, 5.41) is 1.10. The van der Waals surface area contributed by atoms with Gasteiger partial charge in [-0.2, -0.15) is 0 Å². The minimum atomic E-state index is 0.0761. The Hall–Kier alpha value is -0.540. The molecule has 0 aliphatic carbocycles. The fourth-order valence-corrected chi connectivity index (χ4v) is 2.24. The molecule has 0 aromatic carbocycles. The molecule has 2 N–H and O–H groups in total. The Morgan fingerprint density at radius 2 is 2.07 bits per heavy atom. The number of hydrogen-bond donors (Lipinski definition) is 1. The van der Waals surface area contributed by atoms with Crippen LogP contribution in [0.5, 0.6) is 0 Å². The van der Waals surface area contributed by atoms with Crippen molar-refractivity contribution < 1.29 is 0 Å². The fraction of sp³-hybridized carbons (Fsp3) is 0.583. The van der Waals surface area contributed by atoms with E-state index >= 15 is 0 Å². The first kappa shape index (κ1) is 12.5. The zero-order valence-electron chi connectivity index (χ0n) is 9.73. The number of pyridine rings is 1.